The van der Waals surface area contributed by atoms with Crippen molar-refractivity contribution in [3.05, 3.63) is 35.7 Å². The Labute approximate surface area is 106 Å². The Morgan fingerprint density at radius 2 is 2.11 bits per heavy atom. The van der Waals surface area contributed by atoms with Gasteiger partial charge in [-0.15, -0.1) is 5.10 Å². The van der Waals surface area contributed by atoms with Crippen LogP contribution in [0.5, 0.6) is 5.75 Å². The molecule has 0 radical (unpaired) electrons. The molecule has 0 aliphatic carbocycles. The lowest BCUT2D eigenvalue weighted by atomic mass is 10.2. The second-order valence-corrected chi connectivity index (χ2v) is 3.66. The van der Waals surface area contributed by atoms with Crippen molar-refractivity contribution in [3.63, 3.8) is 0 Å². The standard InChI is InChI=1S/C13H14N4O/c1-3-11-10(9-14)15-16-17(11)12-7-5-6-8-13(12)18-4-2/h5-8H,3-4H2,1-2H3. The lowest BCUT2D eigenvalue weighted by Gasteiger charge is -2.10. The summed E-state index contributed by atoms with van der Waals surface area (Å²) in [5, 5.41) is 16.9. The molecule has 2 aromatic rings. The Bertz CT molecular complexity index is 583. The molecule has 18 heavy (non-hydrogen) atoms. The molecule has 92 valence electrons. The van der Waals surface area contributed by atoms with E-state index >= 15 is 0 Å². The maximum atomic E-state index is 8.99. The van der Waals surface area contributed by atoms with Crippen LogP contribution >= 0.6 is 0 Å². The van der Waals surface area contributed by atoms with Crippen molar-refractivity contribution in [2.75, 3.05) is 6.61 Å². The normalized spacial score (nSPS) is 10.1. The van der Waals surface area contributed by atoms with E-state index in [-0.39, 0.29) is 0 Å². The molecule has 0 N–H and O–H groups in total. The Morgan fingerprint density at radius 3 is 2.78 bits per heavy atom. The molecule has 5 nitrogen and oxygen atoms in total. The van der Waals surface area contributed by atoms with E-state index in [2.05, 4.69) is 16.4 Å². The molecule has 0 bridgehead atoms. The van der Waals surface area contributed by atoms with Crippen LogP contribution in [0.4, 0.5) is 0 Å². The van der Waals surface area contributed by atoms with Gasteiger partial charge in [0.1, 0.15) is 17.5 Å². The fourth-order valence-electron chi connectivity index (χ4n) is 1.81. The number of aromatic nitrogens is 3. The largest absolute Gasteiger partial charge is 0.492 e. The fourth-order valence-corrected chi connectivity index (χ4v) is 1.81. The minimum Gasteiger partial charge on any atom is -0.492 e. The number of hydrogen-bond donors (Lipinski definition) is 0. The SMILES string of the molecule is CCOc1ccccc1-n1nnc(C#N)c1CC. The Kier molecular flexibility index (Phi) is 3.58. The quantitative estimate of drug-likeness (QED) is 0.823. The molecule has 5 heteroatoms. The summed E-state index contributed by atoms with van der Waals surface area (Å²) in [5.74, 6) is 0.740. The van der Waals surface area contributed by atoms with Gasteiger partial charge < -0.3 is 4.74 Å². The molecule has 0 saturated heterocycles. The van der Waals surface area contributed by atoms with Crippen molar-refractivity contribution in [3.8, 4) is 17.5 Å². The van der Waals surface area contributed by atoms with Gasteiger partial charge in [-0.1, -0.05) is 24.3 Å². The van der Waals surface area contributed by atoms with Crippen molar-refractivity contribution in [1.82, 2.24) is 15.0 Å². The van der Waals surface area contributed by atoms with Gasteiger partial charge >= 0.3 is 0 Å². The van der Waals surface area contributed by atoms with Gasteiger partial charge in [0, 0.05) is 0 Å². The van der Waals surface area contributed by atoms with E-state index in [1.54, 1.807) is 4.68 Å². The van der Waals surface area contributed by atoms with E-state index in [4.69, 9.17) is 10.00 Å². The predicted octanol–water partition coefficient (Wildman–Crippen LogP) is 2.10. The number of nitrogens with zero attached hydrogens (tertiary/aromatic N) is 4. The van der Waals surface area contributed by atoms with Gasteiger partial charge in [-0.2, -0.15) is 5.26 Å². The van der Waals surface area contributed by atoms with Gasteiger partial charge in [-0.3, -0.25) is 0 Å². The molecule has 0 unspecified atom stereocenters. The van der Waals surface area contributed by atoms with Crippen LogP contribution in [0.25, 0.3) is 5.69 Å². The highest BCUT2D eigenvalue weighted by atomic mass is 16.5. The second-order valence-electron chi connectivity index (χ2n) is 3.66. The molecule has 0 aliphatic heterocycles. The summed E-state index contributed by atoms with van der Waals surface area (Å²) in [6.45, 7) is 4.48. The van der Waals surface area contributed by atoms with Crippen molar-refractivity contribution in [2.24, 2.45) is 0 Å². The predicted molar refractivity (Wildman–Crippen MR) is 66.6 cm³/mol. The van der Waals surface area contributed by atoms with Crippen molar-refractivity contribution in [2.45, 2.75) is 20.3 Å². The molecule has 0 atom stereocenters. The molecule has 0 aliphatic rings. The molecule has 1 aromatic carbocycles. The van der Waals surface area contributed by atoms with Crippen LogP contribution in [-0.2, 0) is 6.42 Å². The third-order valence-electron chi connectivity index (χ3n) is 2.60. The van der Waals surface area contributed by atoms with Crippen LogP contribution in [0.2, 0.25) is 0 Å². The molecule has 0 saturated carbocycles. The highest BCUT2D eigenvalue weighted by molar-refractivity contribution is 5.47. The van der Waals surface area contributed by atoms with Crippen molar-refractivity contribution >= 4 is 0 Å². The zero-order valence-electron chi connectivity index (χ0n) is 10.4. The zero-order chi connectivity index (χ0) is 13.0. The lowest BCUT2D eigenvalue weighted by Crippen LogP contribution is -2.05. The van der Waals surface area contributed by atoms with Crippen LogP contribution < -0.4 is 4.74 Å². The highest BCUT2D eigenvalue weighted by Gasteiger charge is 2.14. The third-order valence-corrected chi connectivity index (χ3v) is 2.60. The third kappa shape index (κ3) is 2.05. The Morgan fingerprint density at radius 1 is 1.33 bits per heavy atom. The van der Waals surface area contributed by atoms with Gasteiger partial charge in [0.15, 0.2) is 5.69 Å². The summed E-state index contributed by atoms with van der Waals surface area (Å²) in [5.41, 5.74) is 1.97. The van der Waals surface area contributed by atoms with Crippen LogP contribution in [0.15, 0.2) is 24.3 Å². The average molecular weight is 242 g/mol. The van der Waals surface area contributed by atoms with Crippen LogP contribution in [0, 0.1) is 11.3 Å². The first-order chi connectivity index (χ1) is 8.81. The van der Waals surface area contributed by atoms with Gasteiger partial charge in [-0.25, -0.2) is 4.68 Å². The number of rotatable bonds is 4. The monoisotopic (exact) mass is 242 g/mol. The first-order valence-corrected chi connectivity index (χ1v) is 5.88. The Hall–Kier alpha value is -2.35. The Balaban J connectivity index is 2.55. The van der Waals surface area contributed by atoms with E-state index in [0.29, 0.717) is 18.7 Å². The summed E-state index contributed by atoms with van der Waals surface area (Å²) < 4.78 is 7.23. The minimum absolute atomic E-state index is 0.365. The molecule has 0 spiro atoms. The molecule has 2 rings (SSSR count). The van der Waals surface area contributed by atoms with Crippen LogP contribution in [0.3, 0.4) is 0 Å². The van der Waals surface area contributed by atoms with Crippen molar-refractivity contribution in [1.29, 1.82) is 5.26 Å². The smallest absolute Gasteiger partial charge is 0.186 e. The van der Waals surface area contributed by atoms with E-state index in [0.717, 1.165) is 17.1 Å². The van der Waals surface area contributed by atoms with Crippen LogP contribution in [0.1, 0.15) is 25.2 Å². The van der Waals surface area contributed by atoms with Gasteiger partial charge in [0.05, 0.1) is 12.3 Å². The molecule has 0 amide bonds. The first-order valence-electron chi connectivity index (χ1n) is 5.88. The number of para-hydroxylation sites is 2. The average Bonchev–Trinajstić information content (AvgIpc) is 2.82. The van der Waals surface area contributed by atoms with E-state index in [9.17, 15) is 0 Å². The summed E-state index contributed by atoms with van der Waals surface area (Å²) in [4.78, 5) is 0. The molecule has 0 fully saturated rings. The maximum Gasteiger partial charge on any atom is 0.186 e. The number of nitriles is 1. The number of benzene rings is 1. The number of ether oxygens (including phenoxy) is 1. The topological polar surface area (TPSA) is 63.7 Å². The fraction of sp³-hybridized carbons (Fsp3) is 0.308. The van der Waals surface area contributed by atoms with E-state index in [1.165, 1.54) is 0 Å². The summed E-state index contributed by atoms with van der Waals surface area (Å²) in [6.07, 6.45) is 0.691. The molecular weight excluding hydrogens is 228 g/mol. The van der Waals surface area contributed by atoms with Crippen LogP contribution in [-0.4, -0.2) is 21.6 Å². The van der Waals surface area contributed by atoms with Crippen molar-refractivity contribution < 1.29 is 4.74 Å². The molecule has 1 heterocycles. The summed E-state index contributed by atoms with van der Waals surface area (Å²) in [7, 11) is 0. The number of hydrogen-bond acceptors (Lipinski definition) is 4. The van der Waals surface area contributed by atoms with E-state index in [1.807, 2.05) is 38.1 Å². The van der Waals surface area contributed by atoms with Gasteiger partial charge in [-0.05, 0) is 25.5 Å². The van der Waals surface area contributed by atoms with Gasteiger partial charge in [0.2, 0.25) is 0 Å². The first kappa shape index (κ1) is 12.1. The second kappa shape index (κ2) is 5.32. The summed E-state index contributed by atoms with van der Waals surface area (Å²) >= 11 is 0. The zero-order valence-corrected chi connectivity index (χ0v) is 10.4. The lowest BCUT2D eigenvalue weighted by molar-refractivity contribution is 0.338. The molecule has 1 aromatic heterocycles. The molecular formula is C13H14N4O. The van der Waals surface area contributed by atoms with E-state index < -0.39 is 0 Å². The van der Waals surface area contributed by atoms with Gasteiger partial charge in [0.25, 0.3) is 0 Å². The maximum absolute atomic E-state index is 8.99. The minimum atomic E-state index is 0.365. The highest BCUT2D eigenvalue weighted by Crippen LogP contribution is 2.24. The summed E-state index contributed by atoms with van der Waals surface area (Å²) in [6, 6.07) is 9.65.